The van der Waals surface area contributed by atoms with E-state index < -0.39 is 23.6 Å². The molecular weight excluding hydrogens is 386 g/mol. The van der Waals surface area contributed by atoms with Crippen LogP contribution in [0.4, 0.5) is 14.5 Å². The Morgan fingerprint density at radius 2 is 2.11 bits per heavy atom. The molecule has 4 aromatic rings. The second-order valence-electron chi connectivity index (χ2n) is 6.13. The molecule has 0 aliphatic heterocycles. The van der Waals surface area contributed by atoms with Gasteiger partial charge in [0.25, 0.3) is 5.56 Å². The van der Waals surface area contributed by atoms with Crippen LogP contribution in [0.1, 0.15) is 19.4 Å². The normalized spacial score (nSPS) is 12.4. The number of fused-ring (bicyclic) bond motifs is 3. The summed E-state index contributed by atoms with van der Waals surface area (Å²) in [7, 11) is 0. The lowest BCUT2D eigenvalue weighted by molar-refractivity contribution is -0.119. The Kier molecular flexibility index (Phi) is 4.60. The van der Waals surface area contributed by atoms with Crippen LogP contribution in [0.25, 0.3) is 20.4 Å². The van der Waals surface area contributed by atoms with Gasteiger partial charge in [-0.15, -0.1) is 11.3 Å². The van der Waals surface area contributed by atoms with E-state index in [2.05, 4.69) is 15.3 Å². The maximum absolute atomic E-state index is 13.8. The number of aromatic nitrogens is 3. The summed E-state index contributed by atoms with van der Waals surface area (Å²) in [4.78, 5) is 34.9. The van der Waals surface area contributed by atoms with Gasteiger partial charge in [0.15, 0.2) is 0 Å². The number of halogens is 2. The highest BCUT2D eigenvalue weighted by Crippen LogP contribution is 2.28. The zero-order valence-corrected chi connectivity index (χ0v) is 15.5. The first-order chi connectivity index (χ1) is 13.5. The van der Waals surface area contributed by atoms with E-state index in [1.807, 2.05) is 6.07 Å². The van der Waals surface area contributed by atoms with Crippen molar-refractivity contribution in [2.45, 2.75) is 19.4 Å². The van der Waals surface area contributed by atoms with Crippen LogP contribution >= 0.6 is 11.3 Å². The maximum atomic E-state index is 13.8. The minimum atomic E-state index is -0.926. The molecule has 1 aromatic carbocycles. The first-order valence-corrected chi connectivity index (χ1v) is 9.31. The molecule has 28 heavy (non-hydrogen) atoms. The Morgan fingerprint density at radius 1 is 1.29 bits per heavy atom. The molecule has 142 valence electrons. The number of hydrogen-bond donors (Lipinski definition) is 1. The van der Waals surface area contributed by atoms with Crippen LogP contribution in [0.3, 0.4) is 0 Å². The van der Waals surface area contributed by atoms with Gasteiger partial charge in [-0.25, -0.2) is 18.7 Å². The molecule has 4 rings (SSSR count). The first-order valence-electron chi connectivity index (χ1n) is 8.50. The van der Waals surface area contributed by atoms with E-state index in [-0.39, 0.29) is 17.7 Å². The standard InChI is InChI=1S/C19H14F2N4O2S/c1-2-14(17(26)24-13-8-10(20)5-6-12(13)21)25-9-23-15-11-4-3-7-22-18(11)28-16(15)19(25)27/h3-9,14H,2H2,1H3,(H,24,26). The van der Waals surface area contributed by atoms with Gasteiger partial charge in [-0.05, 0) is 30.7 Å². The topological polar surface area (TPSA) is 76.9 Å². The van der Waals surface area contributed by atoms with Gasteiger partial charge >= 0.3 is 0 Å². The number of amides is 1. The molecule has 0 spiro atoms. The van der Waals surface area contributed by atoms with E-state index in [0.29, 0.717) is 15.0 Å². The lowest BCUT2D eigenvalue weighted by Crippen LogP contribution is -2.33. The zero-order chi connectivity index (χ0) is 19.8. The molecule has 0 aliphatic carbocycles. The summed E-state index contributed by atoms with van der Waals surface area (Å²) in [5.41, 5.74) is -0.132. The number of rotatable bonds is 4. The fourth-order valence-corrected chi connectivity index (χ4v) is 4.06. The average Bonchev–Trinajstić information content (AvgIpc) is 3.07. The largest absolute Gasteiger partial charge is 0.322 e. The number of carbonyl (C=O) groups excluding carboxylic acids is 1. The molecule has 0 saturated carbocycles. The van der Waals surface area contributed by atoms with Crippen molar-refractivity contribution in [1.82, 2.24) is 14.5 Å². The Balaban J connectivity index is 1.75. The number of anilines is 1. The van der Waals surface area contributed by atoms with Crippen LogP contribution in [-0.2, 0) is 4.79 Å². The van der Waals surface area contributed by atoms with E-state index >= 15 is 0 Å². The highest BCUT2D eigenvalue weighted by atomic mass is 32.1. The first kappa shape index (κ1) is 18.2. The number of hydrogen-bond acceptors (Lipinski definition) is 5. The van der Waals surface area contributed by atoms with Gasteiger partial charge in [0.05, 0.1) is 17.5 Å². The molecule has 3 aromatic heterocycles. The monoisotopic (exact) mass is 400 g/mol. The van der Waals surface area contributed by atoms with Gasteiger partial charge in [0, 0.05) is 17.6 Å². The molecule has 1 unspecified atom stereocenters. The van der Waals surface area contributed by atoms with E-state index in [0.717, 1.165) is 23.6 Å². The van der Waals surface area contributed by atoms with Crippen molar-refractivity contribution in [3.63, 3.8) is 0 Å². The summed E-state index contributed by atoms with van der Waals surface area (Å²) in [6, 6.07) is 5.44. The Morgan fingerprint density at radius 3 is 2.89 bits per heavy atom. The van der Waals surface area contributed by atoms with Crippen molar-refractivity contribution in [2.75, 3.05) is 5.32 Å². The molecule has 6 nitrogen and oxygen atoms in total. The summed E-state index contributed by atoms with van der Waals surface area (Å²) in [6.45, 7) is 1.72. The number of nitrogens with zero attached hydrogens (tertiary/aromatic N) is 3. The predicted molar refractivity (Wildman–Crippen MR) is 103 cm³/mol. The van der Waals surface area contributed by atoms with Gasteiger partial charge in [-0.1, -0.05) is 6.92 Å². The van der Waals surface area contributed by atoms with Crippen molar-refractivity contribution in [3.05, 3.63) is 64.8 Å². The maximum Gasteiger partial charge on any atom is 0.272 e. The SMILES string of the molecule is CCC(C(=O)Nc1cc(F)ccc1F)n1cnc2c(sc3ncccc32)c1=O. The fraction of sp³-hybridized carbons (Fsp3) is 0.158. The molecule has 9 heteroatoms. The number of nitrogens with one attached hydrogen (secondary N) is 1. The molecule has 0 aliphatic rings. The summed E-state index contributed by atoms with van der Waals surface area (Å²) < 4.78 is 28.8. The minimum absolute atomic E-state index is 0.263. The van der Waals surface area contributed by atoms with Crippen LogP contribution in [0.15, 0.2) is 47.7 Å². The second-order valence-corrected chi connectivity index (χ2v) is 7.13. The lowest BCUT2D eigenvalue weighted by atomic mass is 10.2. The zero-order valence-electron chi connectivity index (χ0n) is 14.6. The summed E-state index contributed by atoms with van der Waals surface area (Å²) >= 11 is 1.20. The van der Waals surface area contributed by atoms with E-state index in [1.54, 1.807) is 19.2 Å². The molecular formula is C19H14F2N4O2S. The summed E-state index contributed by atoms with van der Waals surface area (Å²) in [6.07, 6.45) is 3.20. The van der Waals surface area contributed by atoms with E-state index in [9.17, 15) is 18.4 Å². The van der Waals surface area contributed by atoms with Crippen molar-refractivity contribution in [2.24, 2.45) is 0 Å². The Bertz CT molecular complexity index is 1270. The van der Waals surface area contributed by atoms with Gasteiger partial charge < -0.3 is 5.32 Å². The molecule has 0 saturated heterocycles. The fourth-order valence-electron chi connectivity index (χ4n) is 3.02. The van der Waals surface area contributed by atoms with Crippen LogP contribution < -0.4 is 10.9 Å². The Labute approximate surface area is 161 Å². The summed E-state index contributed by atoms with van der Waals surface area (Å²) in [5.74, 6) is -2.07. The molecule has 0 bridgehead atoms. The number of benzene rings is 1. The lowest BCUT2D eigenvalue weighted by Gasteiger charge is -2.17. The van der Waals surface area contributed by atoms with Crippen molar-refractivity contribution in [3.8, 4) is 0 Å². The van der Waals surface area contributed by atoms with Crippen molar-refractivity contribution >= 4 is 43.4 Å². The number of carbonyl (C=O) groups is 1. The molecule has 0 fully saturated rings. The Hall–Kier alpha value is -3.20. The van der Waals surface area contributed by atoms with Crippen LogP contribution in [0, 0.1) is 11.6 Å². The third-order valence-electron chi connectivity index (χ3n) is 4.39. The smallest absolute Gasteiger partial charge is 0.272 e. The van der Waals surface area contributed by atoms with E-state index in [1.165, 1.54) is 22.2 Å². The summed E-state index contributed by atoms with van der Waals surface area (Å²) in [5, 5.41) is 3.12. The minimum Gasteiger partial charge on any atom is -0.322 e. The quantitative estimate of drug-likeness (QED) is 0.564. The van der Waals surface area contributed by atoms with Crippen molar-refractivity contribution < 1.29 is 13.6 Å². The van der Waals surface area contributed by atoms with Gasteiger partial charge in [0.1, 0.15) is 27.2 Å². The third-order valence-corrected chi connectivity index (χ3v) is 5.48. The number of pyridine rings is 1. The molecule has 1 N–H and O–H groups in total. The predicted octanol–water partition coefficient (Wildman–Crippen LogP) is 3.87. The highest BCUT2D eigenvalue weighted by molar-refractivity contribution is 7.25. The van der Waals surface area contributed by atoms with Crippen LogP contribution in [-0.4, -0.2) is 20.4 Å². The average molecular weight is 400 g/mol. The van der Waals surface area contributed by atoms with Gasteiger partial charge in [0.2, 0.25) is 5.91 Å². The molecule has 1 atom stereocenters. The van der Waals surface area contributed by atoms with E-state index in [4.69, 9.17) is 0 Å². The van der Waals surface area contributed by atoms with Gasteiger partial charge in [-0.3, -0.25) is 14.2 Å². The van der Waals surface area contributed by atoms with Crippen LogP contribution in [0.2, 0.25) is 0 Å². The second kappa shape index (κ2) is 7.08. The molecule has 1 amide bonds. The van der Waals surface area contributed by atoms with Crippen molar-refractivity contribution in [1.29, 1.82) is 0 Å². The third kappa shape index (κ3) is 3.03. The molecule has 3 heterocycles. The van der Waals surface area contributed by atoms with Gasteiger partial charge in [-0.2, -0.15) is 0 Å². The van der Waals surface area contributed by atoms with Crippen LogP contribution in [0.5, 0.6) is 0 Å². The number of thiophene rings is 1. The highest BCUT2D eigenvalue weighted by Gasteiger charge is 2.23. The molecule has 0 radical (unpaired) electrons.